The highest BCUT2D eigenvalue weighted by molar-refractivity contribution is 5.75. The maximum atomic E-state index is 11.5. The molecule has 0 bridgehead atoms. The zero-order valence-corrected chi connectivity index (χ0v) is 10.3. The van der Waals surface area contributed by atoms with Crippen LogP contribution in [-0.4, -0.2) is 30.3 Å². The van der Waals surface area contributed by atoms with Crippen molar-refractivity contribution in [2.45, 2.75) is 51.2 Å². The number of nitrogens with one attached hydrogen (secondary N) is 1. The van der Waals surface area contributed by atoms with Crippen molar-refractivity contribution < 1.29 is 19.1 Å². The number of ether oxygens (including phenoxy) is 2. The summed E-state index contributed by atoms with van der Waals surface area (Å²) in [6, 6.07) is 0. The lowest BCUT2D eigenvalue weighted by atomic mass is 10.2. The molecule has 0 aromatic rings. The first-order valence-electron chi connectivity index (χ1n) is 5.34. The second-order valence-corrected chi connectivity index (χ2v) is 5.16. The van der Waals surface area contributed by atoms with E-state index < -0.39 is 17.2 Å². The fourth-order valence-corrected chi connectivity index (χ4v) is 1.37. The van der Waals surface area contributed by atoms with Crippen LogP contribution in [0.1, 0.15) is 40.0 Å². The summed E-state index contributed by atoms with van der Waals surface area (Å²) in [6.07, 6.45) is 1.32. The molecule has 0 aromatic carbocycles. The van der Waals surface area contributed by atoms with Crippen molar-refractivity contribution in [1.29, 1.82) is 0 Å². The van der Waals surface area contributed by atoms with E-state index in [9.17, 15) is 9.59 Å². The Morgan fingerprint density at radius 2 is 1.88 bits per heavy atom. The Kier molecular flexibility index (Phi) is 3.45. The van der Waals surface area contributed by atoms with Gasteiger partial charge >= 0.3 is 12.1 Å². The molecule has 0 aromatic heterocycles. The molecule has 16 heavy (non-hydrogen) atoms. The van der Waals surface area contributed by atoms with Crippen molar-refractivity contribution in [3.63, 3.8) is 0 Å². The molecule has 0 heterocycles. The monoisotopic (exact) mass is 229 g/mol. The number of hydrogen-bond donors (Lipinski definition) is 1. The van der Waals surface area contributed by atoms with E-state index in [1.807, 2.05) is 0 Å². The first kappa shape index (κ1) is 12.8. The van der Waals surface area contributed by atoms with Gasteiger partial charge in [-0.3, -0.25) is 4.79 Å². The zero-order chi connectivity index (χ0) is 12.4. The standard InChI is InChI=1S/C11H19NO4/c1-10(2,3)16-9(14)12-11(5-6-11)7-8(13)15-4/h5-7H2,1-4H3,(H,12,14). The number of carbonyl (C=O) groups excluding carboxylic acids is 2. The fraction of sp³-hybridized carbons (Fsp3) is 0.818. The molecule has 5 heteroatoms. The van der Waals surface area contributed by atoms with Gasteiger partial charge in [0.2, 0.25) is 0 Å². The lowest BCUT2D eigenvalue weighted by molar-refractivity contribution is -0.141. The third-order valence-electron chi connectivity index (χ3n) is 2.33. The third-order valence-corrected chi connectivity index (χ3v) is 2.33. The Morgan fingerprint density at radius 3 is 2.25 bits per heavy atom. The summed E-state index contributed by atoms with van der Waals surface area (Å²) >= 11 is 0. The largest absolute Gasteiger partial charge is 0.469 e. The number of esters is 1. The summed E-state index contributed by atoms with van der Waals surface area (Å²) in [6.45, 7) is 5.39. The molecule has 1 aliphatic rings. The van der Waals surface area contributed by atoms with Crippen LogP contribution in [-0.2, 0) is 14.3 Å². The van der Waals surface area contributed by atoms with Gasteiger partial charge in [-0.15, -0.1) is 0 Å². The normalized spacial score (nSPS) is 17.5. The molecule has 1 aliphatic carbocycles. The second kappa shape index (κ2) is 4.31. The van der Waals surface area contributed by atoms with E-state index >= 15 is 0 Å². The Hall–Kier alpha value is -1.26. The van der Waals surface area contributed by atoms with Crippen molar-refractivity contribution in [2.24, 2.45) is 0 Å². The molecule has 5 nitrogen and oxygen atoms in total. The molecular formula is C11H19NO4. The minimum atomic E-state index is -0.522. The lowest BCUT2D eigenvalue weighted by Gasteiger charge is -2.22. The maximum Gasteiger partial charge on any atom is 0.408 e. The van der Waals surface area contributed by atoms with Crippen LogP contribution in [0, 0.1) is 0 Å². The number of carbonyl (C=O) groups is 2. The van der Waals surface area contributed by atoms with Crippen molar-refractivity contribution in [3.8, 4) is 0 Å². The molecule has 0 spiro atoms. The predicted octanol–water partition coefficient (Wildman–Crippen LogP) is 1.61. The Labute approximate surface area is 95.5 Å². The van der Waals surface area contributed by atoms with Gasteiger partial charge in [-0.25, -0.2) is 4.79 Å². The van der Waals surface area contributed by atoms with Crippen LogP contribution in [0.15, 0.2) is 0 Å². The molecule has 1 amide bonds. The zero-order valence-electron chi connectivity index (χ0n) is 10.3. The molecular weight excluding hydrogens is 210 g/mol. The van der Waals surface area contributed by atoms with Crippen LogP contribution < -0.4 is 5.32 Å². The highest BCUT2D eigenvalue weighted by Crippen LogP contribution is 2.39. The quantitative estimate of drug-likeness (QED) is 0.747. The maximum absolute atomic E-state index is 11.5. The van der Waals surface area contributed by atoms with E-state index in [0.29, 0.717) is 0 Å². The van der Waals surface area contributed by atoms with Crippen LogP contribution in [0.4, 0.5) is 4.79 Å². The molecule has 0 aliphatic heterocycles. The first-order valence-corrected chi connectivity index (χ1v) is 5.34. The van der Waals surface area contributed by atoms with Crippen LogP contribution in [0.3, 0.4) is 0 Å². The number of methoxy groups -OCH3 is 1. The van der Waals surface area contributed by atoms with Crippen LogP contribution in [0.5, 0.6) is 0 Å². The van der Waals surface area contributed by atoms with E-state index in [2.05, 4.69) is 10.1 Å². The minimum Gasteiger partial charge on any atom is -0.469 e. The SMILES string of the molecule is COC(=O)CC1(NC(=O)OC(C)(C)C)CC1. The summed E-state index contributed by atoms with van der Waals surface area (Å²) < 4.78 is 9.70. The fourth-order valence-electron chi connectivity index (χ4n) is 1.37. The Morgan fingerprint density at radius 1 is 1.31 bits per heavy atom. The molecule has 0 unspecified atom stereocenters. The van der Waals surface area contributed by atoms with E-state index in [4.69, 9.17) is 4.74 Å². The first-order chi connectivity index (χ1) is 7.26. The van der Waals surface area contributed by atoms with E-state index in [1.54, 1.807) is 20.8 Å². The van der Waals surface area contributed by atoms with Gasteiger partial charge in [-0.05, 0) is 33.6 Å². The van der Waals surface area contributed by atoms with Crippen LogP contribution >= 0.6 is 0 Å². The molecule has 1 fully saturated rings. The van der Waals surface area contributed by atoms with Gasteiger partial charge in [0.15, 0.2) is 0 Å². The van der Waals surface area contributed by atoms with Gasteiger partial charge in [0.25, 0.3) is 0 Å². The average molecular weight is 229 g/mol. The molecule has 0 atom stereocenters. The summed E-state index contributed by atoms with van der Waals surface area (Å²) in [7, 11) is 1.34. The molecule has 1 N–H and O–H groups in total. The van der Waals surface area contributed by atoms with Crippen molar-refractivity contribution in [1.82, 2.24) is 5.32 Å². The third kappa shape index (κ3) is 4.08. The van der Waals surface area contributed by atoms with Gasteiger partial charge in [0.1, 0.15) is 5.60 Å². The van der Waals surface area contributed by atoms with E-state index in [0.717, 1.165) is 12.8 Å². The second-order valence-electron chi connectivity index (χ2n) is 5.16. The average Bonchev–Trinajstić information content (AvgIpc) is 2.80. The summed E-state index contributed by atoms with van der Waals surface area (Å²) in [5, 5.41) is 2.73. The van der Waals surface area contributed by atoms with Crippen molar-refractivity contribution >= 4 is 12.1 Å². The van der Waals surface area contributed by atoms with E-state index in [-0.39, 0.29) is 12.4 Å². The van der Waals surface area contributed by atoms with Gasteiger partial charge in [-0.1, -0.05) is 0 Å². The Balaban J connectivity index is 2.42. The van der Waals surface area contributed by atoms with E-state index in [1.165, 1.54) is 7.11 Å². The Bertz CT molecular complexity index is 289. The molecule has 0 saturated heterocycles. The molecule has 1 saturated carbocycles. The van der Waals surface area contributed by atoms with Gasteiger partial charge in [0, 0.05) is 0 Å². The number of amides is 1. The topological polar surface area (TPSA) is 64.6 Å². The van der Waals surface area contributed by atoms with Gasteiger partial charge in [-0.2, -0.15) is 0 Å². The highest BCUT2D eigenvalue weighted by Gasteiger charge is 2.46. The minimum absolute atomic E-state index is 0.211. The van der Waals surface area contributed by atoms with Crippen molar-refractivity contribution in [3.05, 3.63) is 0 Å². The van der Waals surface area contributed by atoms with Crippen LogP contribution in [0.25, 0.3) is 0 Å². The number of hydrogen-bond acceptors (Lipinski definition) is 4. The predicted molar refractivity (Wildman–Crippen MR) is 58.0 cm³/mol. The number of alkyl carbamates (subject to hydrolysis) is 1. The molecule has 92 valence electrons. The highest BCUT2D eigenvalue weighted by atomic mass is 16.6. The number of rotatable bonds is 3. The molecule has 1 rings (SSSR count). The summed E-state index contributed by atoms with van der Waals surface area (Å²) in [5.74, 6) is -0.312. The van der Waals surface area contributed by atoms with Crippen LogP contribution in [0.2, 0.25) is 0 Å². The summed E-state index contributed by atoms with van der Waals surface area (Å²) in [4.78, 5) is 22.6. The van der Waals surface area contributed by atoms with Gasteiger partial charge in [0.05, 0.1) is 19.1 Å². The van der Waals surface area contributed by atoms with Gasteiger partial charge < -0.3 is 14.8 Å². The van der Waals surface area contributed by atoms with Crippen molar-refractivity contribution in [2.75, 3.05) is 7.11 Å². The smallest absolute Gasteiger partial charge is 0.408 e. The summed E-state index contributed by atoms with van der Waals surface area (Å²) in [5.41, 5.74) is -0.957. The lowest BCUT2D eigenvalue weighted by Crippen LogP contribution is -2.42. The molecule has 0 radical (unpaired) electrons.